The van der Waals surface area contributed by atoms with Gasteiger partial charge >= 0.3 is 0 Å². The smallest absolute Gasteiger partial charge is 0.0958 e. The normalized spacial score (nSPS) is 26.6. The van der Waals surface area contributed by atoms with Crippen LogP contribution >= 0.6 is 0 Å². The Morgan fingerprint density at radius 1 is 1.80 bits per heavy atom. The Kier molecular flexibility index (Phi) is 2.69. The molecule has 0 spiro atoms. The minimum absolute atomic E-state index is 0.335. The van der Waals surface area contributed by atoms with Gasteiger partial charge in [0.25, 0.3) is 0 Å². The summed E-state index contributed by atoms with van der Waals surface area (Å²) in [5.41, 5.74) is 0. The molecule has 0 radical (unpaired) electrons. The predicted octanol–water partition coefficient (Wildman–Crippen LogP) is -0.382. The quantitative estimate of drug-likeness (QED) is 0.532. The van der Waals surface area contributed by atoms with E-state index in [9.17, 15) is 0 Å². The van der Waals surface area contributed by atoms with Crippen LogP contribution in [0.15, 0.2) is 0 Å². The van der Waals surface area contributed by atoms with Gasteiger partial charge in [-0.05, 0) is 0 Å². The molecule has 10 heavy (non-hydrogen) atoms. The second kappa shape index (κ2) is 3.57. The Bertz CT molecular complexity index is 141. The van der Waals surface area contributed by atoms with Crippen molar-refractivity contribution >= 4 is 0 Å². The average molecular weight is 141 g/mol. The summed E-state index contributed by atoms with van der Waals surface area (Å²) in [5.74, 6) is 2.51. The van der Waals surface area contributed by atoms with E-state index < -0.39 is 0 Å². The maximum atomic E-state index is 8.98. The number of hydroxylamine groups is 2. The van der Waals surface area contributed by atoms with Crippen LogP contribution in [0.1, 0.15) is 6.42 Å². The Morgan fingerprint density at radius 3 is 3.10 bits per heavy atom. The maximum absolute atomic E-state index is 8.98. The highest BCUT2D eigenvalue weighted by Crippen LogP contribution is 2.04. The Morgan fingerprint density at radius 2 is 2.60 bits per heavy atom. The lowest BCUT2D eigenvalue weighted by Gasteiger charge is -2.09. The summed E-state index contributed by atoms with van der Waals surface area (Å²) in [6, 6.07) is 0. The maximum Gasteiger partial charge on any atom is 0.0958 e. The SMILES string of the molecule is C#CCCN1C[C@H](O)CO1. The van der Waals surface area contributed by atoms with Gasteiger partial charge in [-0.25, -0.2) is 0 Å². The molecular weight excluding hydrogens is 130 g/mol. The molecule has 1 N–H and O–H groups in total. The molecule has 1 aliphatic rings. The first-order valence-electron chi connectivity index (χ1n) is 3.32. The number of terminal acetylenes is 1. The third-order valence-corrected chi connectivity index (χ3v) is 1.37. The molecule has 0 aromatic carbocycles. The van der Waals surface area contributed by atoms with E-state index in [4.69, 9.17) is 16.4 Å². The summed E-state index contributed by atoms with van der Waals surface area (Å²) >= 11 is 0. The van der Waals surface area contributed by atoms with Gasteiger partial charge in [-0.3, -0.25) is 4.84 Å². The van der Waals surface area contributed by atoms with Crippen molar-refractivity contribution in [3.63, 3.8) is 0 Å². The zero-order chi connectivity index (χ0) is 7.40. The summed E-state index contributed by atoms with van der Waals surface area (Å²) in [4.78, 5) is 5.06. The van der Waals surface area contributed by atoms with Crippen molar-refractivity contribution in [3.05, 3.63) is 0 Å². The van der Waals surface area contributed by atoms with Crippen LogP contribution in [0.4, 0.5) is 0 Å². The fourth-order valence-corrected chi connectivity index (χ4v) is 0.877. The van der Waals surface area contributed by atoms with E-state index in [1.165, 1.54) is 0 Å². The van der Waals surface area contributed by atoms with Crippen LogP contribution < -0.4 is 0 Å². The molecular formula is C7H11NO2. The van der Waals surface area contributed by atoms with E-state index >= 15 is 0 Å². The standard InChI is InChI=1S/C7H11NO2/c1-2-3-4-8-5-7(9)6-10-8/h1,7,9H,3-6H2/t7-/m0/s1. The van der Waals surface area contributed by atoms with Crippen molar-refractivity contribution in [2.45, 2.75) is 12.5 Å². The second-order valence-electron chi connectivity index (χ2n) is 2.29. The highest BCUT2D eigenvalue weighted by Gasteiger charge is 2.19. The van der Waals surface area contributed by atoms with Crippen LogP contribution in [0.2, 0.25) is 0 Å². The molecule has 0 saturated carbocycles. The van der Waals surface area contributed by atoms with E-state index in [-0.39, 0.29) is 6.10 Å². The molecule has 1 saturated heterocycles. The second-order valence-corrected chi connectivity index (χ2v) is 2.29. The summed E-state index contributed by atoms with van der Waals surface area (Å²) in [5, 5.41) is 10.7. The van der Waals surface area contributed by atoms with Gasteiger partial charge < -0.3 is 5.11 Å². The van der Waals surface area contributed by atoms with Gasteiger partial charge in [0.1, 0.15) is 0 Å². The Balaban J connectivity index is 2.14. The van der Waals surface area contributed by atoms with Gasteiger partial charge in [-0.2, -0.15) is 5.06 Å². The fourth-order valence-electron chi connectivity index (χ4n) is 0.877. The lowest BCUT2D eigenvalue weighted by Crippen LogP contribution is -2.21. The first kappa shape index (κ1) is 7.55. The molecule has 0 aromatic rings. The van der Waals surface area contributed by atoms with Crippen LogP contribution in [-0.2, 0) is 4.84 Å². The third-order valence-electron chi connectivity index (χ3n) is 1.37. The molecule has 1 aliphatic heterocycles. The molecule has 1 atom stereocenters. The van der Waals surface area contributed by atoms with Gasteiger partial charge in [-0.1, -0.05) is 0 Å². The Hall–Kier alpha value is -0.560. The van der Waals surface area contributed by atoms with Gasteiger partial charge in [0.15, 0.2) is 0 Å². The zero-order valence-electron chi connectivity index (χ0n) is 5.79. The van der Waals surface area contributed by atoms with Crippen molar-refractivity contribution < 1.29 is 9.94 Å². The highest BCUT2D eigenvalue weighted by atomic mass is 16.7. The molecule has 0 aromatic heterocycles. The van der Waals surface area contributed by atoms with Gasteiger partial charge in [0.05, 0.1) is 19.3 Å². The summed E-state index contributed by atoms with van der Waals surface area (Å²) in [6.45, 7) is 1.71. The topological polar surface area (TPSA) is 32.7 Å². The number of aliphatic hydroxyl groups is 1. The van der Waals surface area contributed by atoms with Crippen molar-refractivity contribution in [1.29, 1.82) is 0 Å². The van der Waals surface area contributed by atoms with Crippen LogP contribution in [0.5, 0.6) is 0 Å². The molecule has 0 bridgehead atoms. The predicted molar refractivity (Wildman–Crippen MR) is 37.0 cm³/mol. The van der Waals surface area contributed by atoms with E-state index in [1.807, 2.05) is 0 Å². The fraction of sp³-hybridized carbons (Fsp3) is 0.714. The minimum atomic E-state index is -0.335. The minimum Gasteiger partial charge on any atom is -0.389 e. The summed E-state index contributed by atoms with van der Waals surface area (Å²) in [7, 11) is 0. The first-order valence-corrected chi connectivity index (χ1v) is 3.32. The van der Waals surface area contributed by atoms with E-state index in [0.717, 1.165) is 0 Å². The van der Waals surface area contributed by atoms with Gasteiger partial charge in [0.2, 0.25) is 0 Å². The van der Waals surface area contributed by atoms with E-state index in [1.54, 1.807) is 5.06 Å². The molecule has 0 aliphatic carbocycles. The number of β-amino-alcohol motifs (C(OH)–C–C–N with tert-alkyl or cyclic N) is 1. The van der Waals surface area contributed by atoms with Crippen molar-refractivity contribution in [3.8, 4) is 12.3 Å². The number of hydrogen-bond donors (Lipinski definition) is 1. The van der Waals surface area contributed by atoms with E-state index in [0.29, 0.717) is 26.1 Å². The number of nitrogens with zero attached hydrogens (tertiary/aromatic N) is 1. The molecule has 1 rings (SSSR count). The molecule has 0 amide bonds. The molecule has 3 nitrogen and oxygen atoms in total. The first-order chi connectivity index (χ1) is 4.83. The van der Waals surface area contributed by atoms with Crippen molar-refractivity contribution in [1.82, 2.24) is 5.06 Å². The number of aliphatic hydroxyl groups excluding tert-OH is 1. The molecule has 1 fully saturated rings. The molecule has 0 unspecified atom stereocenters. The zero-order valence-corrected chi connectivity index (χ0v) is 5.79. The highest BCUT2D eigenvalue weighted by molar-refractivity contribution is 4.84. The lowest BCUT2D eigenvalue weighted by atomic mass is 10.4. The van der Waals surface area contributed by atoms with Crippen molar-refractivity contribution in [2.24, 2.45) is 0 Å². The molecule has 3 heteroatoms. The molecule has 56 valence electrons. The average Bonchev–Trinajstić information content (AvgIpc) is 2.31. The number of hydrogen-bond acceptors (Lipinski definition) is 3. The van der Waals surface area contributed by atoms with E-state index in [2.05, 4.69) is 5.92 Å². The monoisotopic (exact) mass is 141 g/mol. The number of rotatable bonds is 2. The summed E-state index contributed by atoms with van der Waals surface area (Å²) in [6.07, 6.45) is 5.38. The van der Waals surface area contributed by atoms with Crippen LogP contribution in [0.3, 0.4) is 0 Å². The van der Waals surface area contributed by atoms with Gasteiger partial charge in [0, 0.05) is 13.0 Å². The Labute approximate surface area is 60.5 Å². The van der Waals surface area contributed by atoms with Gasteiger partial charge in [-0.15, -0.1) is 12.3 Å². The molecule has 1 heterocycles. The third kappa shape index (κ3) is 1.99. The lowest BCUT2D eigenvalue weighted by molar-refractivity contribution is -0.108. The van der Waals surface area contributed by atoms with Crippen molar-refractivity contribution in [2.75, 3.05) is 19.7 Å². The largest absolute Gasteiger partial charge is 0.389 e. The van der Waals surface area contributed by atoms with Crippen LogP contribution in [-0.4, -0.2) is 36.0 Å². The van der Waals surface area contributed by atoms with Crippen LogP contribution in [0, 0.1) is 12.3 Å². The summed E-state index contributed by atoms with van der Waals surface area (Å²) < 4.78 is 0. The van der Waals surface area contributed by atoms with Crippen LogP contribution in [0.25, 0.3) is 0 Å².